The molecule has 0 saturated carbocycles. The van der Waals surface area contributed by atoms with E-state index in [1.165, 1.54) is 40.2 Å². The number of aromatic nitrogens is 3. The van der Waals surface area contributed by atoms with Crippen LogP contribution >= 0.6 is 34.4 Å². The monoisotopic (exact) mass is 630 g/mol. The van der Waals surface area contributed by atoms with Gasteiger partial charge in [-0.3, -0.25) is 9.59 Å². The van der Waals surface area contributed by atoms with Crippen molar-refractivity contribution in [2.45, 2.75) is 37.1 Å². The maximum atomic E-state index is 13.7. The number of nitrogens with zero attached hydrogens (tertiary/aromatic N) is 5. The molecule has 43 heavy (non-hydrogen) atoms. The molecule has 1 N–H and O–H groups in total. The molecule has 3 aromatic heterocycles. The number of amides is 2. The lowest BCUT2D eigenvalue weighted by Crippen LogP contribution is -2.28. The summed E-state index contributed by atoms with van der Waals surface area (Å²) in [6.45, 7) is 0.792. The molecule has 2 amide bonds. The number of hydrazone groups is 1. The van der Waals surface area contributed by atoms with Gasteiger partial charge in [0.05, 0.1) is 33.8 Å². The van der Waals surface area contributed by atoms with Crippen molar-refractivity contribution in [2.24, 2.45) is 5.10 Å². The molecule has 1 unspecified atom stereocenters. The molecule has 1 aliphatic rings. The molecule has 0 radical (unpaired) electrons. The van der Waals surface area contributed by atoms with E-state index in [1.807, 2.05) is 51.7 Å². The van der Waals surface area contributed by atoms with Crippen LogP contribution in [0.2, 0.25) is 0 Å². The molecule has 5 aromatic rings. The van der Waals surface area contributed by atoms with E-state index in [4.69, 9.17) is 5.10 Å². The van der Waals surface area contributed by atoms with Gasteiger partial charge in [0.15, 0.2) is 11.0 Å². The largest absolute Gasteiger partial charge is 0.344 e. The SMILES string of the molecule is O=C(NCc1nnc(SCC(=O)N2N=C(c3cccs3)CC2c2ccc(F)cc2)n1CCc1ccccc1)c1cccs1. The molecule has 6 rings (SSSR count). The number of carbonyl (C=O) groups excluding carboxylic acids is 2. The van der Waals surface area contributed by atoms with Gasteiger partial charge in [0.2, 0.25) is 0 Å². The minimum atomic E-state index is -0.329. The summed E-state index contributed by atoms with van der Waals surface area (Å²) in [7, 11) is 0. The summed E-state index contributed by atoms with van der Waals surface area (Å²) in [4.78, 5) is 27.8. The number of rotatable bonds is 11. The van der Waals surface area contributed by atoms with Gasteiger partial charge >= 0.3 is 0 Å². The minimum absolute atomic E-state index is 0.0872. The van der Waals surface area contributed by atoms with Crippen LogP contribution < -0.4 is 5.32 Å². The molecule has 218 valence electrons. The summed E-state index contributed by atoms with van der Waals surface area (Å²) in [6, 6.07) is 23.5. The molecule has 0 fully saturated rings. The minimum Gasteiger partial charge on any atom is -0.344 e. The van der Waals surface area contributed by atoms with Crippen molar-refractivity contribution in [3.63, 3.8) is 0 Å². The van der Waals surface area contributed by atoms with Gasteiger partial charge in [-0.1, -0.05) is 66.4 Å². The fourth-order valence-electron chi connectivity index (χ4n) is 4.79. The molecule has 8 nitrogen and oxygen atoms in total. The normalized spacial score (nSPS) is 14.6. The van der Waals surface area contributed by atoms with Crippen molar-refractivity contribution in [2.75, 3.05) is 5.75 Å². The molecule has 0 spiro atoms. The van der Waals surface area contributed by atoms with Crippen LogP contribution in [0, 0.1) is 5.82 Å². The maximum absolute atomic E-state index is 13.7. The smallest absolute Gasteiger partial charge is 0.261 e. The van der Waals surface area contributed by atoms with E-state index in [1.54, 1.807) is 29.5 Å². The van der Waals surface area contributed by atoms with Crippen molar-refractivity contribution >= 4 is 52.0 Å². The Balaban J connectivity index is 1.19. The molecular weight excluding hydrogens is 604 g/mol. The Labute approximate surface area is 260 Å². The van der Waals surface area contributed by atoms with E-state index in [0.717, 1.165) is 28.1 Å². The van der Waals surface area contributed by atoms with Gasteiger partial charge in [-0.15, -0.1) is 32.9 Å². The first kappa shape index (κ1) is 29.0. The third-order valence-corrected chi connectivity index (χ3v) is 9.70. The topological polar surface area (TPSA) is 92.5 Å². The fourth-order valence-corrected chi connectivity index (χ4v) is 6.99. The Hall–Kier alpha value is -4.13. The summed E-state index contributed by atoms with van der Waals surface area (Å²) < 4.78 is 15.6. The highest BCUT2D eigenvalue weighted by atomic mass is 32.2. The highest BCUT2D eigenvalue weighted by Gasteiger charge is 2.33. The fraction of sp³-hybridized carbons (Fsp3) is 0.194. The molecule has 4 heterocycles. The lowest BCUT2D eigenvalue weighted by atomic mass is 10.0. The predicted octanol–water partition coefficient (Wildman–Crippen LogP) is 6.18. The third kappa shape index (κ3) is 6.93. The van der Waals surface area contributed by atoms with Crippen LogP contribution in [-0.4, -0.2) is 43.1 Å². The Morgan fingerprint density at radius 3 is 2.49 bits per heavy atom. The van der Waals surface area contributed by atoms with E-state index in [2.05, 4.69) is 27.6 Å². The van der Waals surface area contributed by atoms with E-state index >= 15 is 0 Å². The lowest BCUT2D eigenvalue weighted by Gasteiger charge is -2.22. The van der Waals surface area contributed by atoms with E-state index in [9.17, 15) is 14.0 Å². The predicted molar refractivity (Wildman–Crippen MR) is 168 cm³/mol. The van der Waals surface area contributed by atoms with Crippen LogP contribution in [0.4, 0.5) is 4.39 Å². The van der Waals surface area contributed by atoms with Crippen LogP contribution in [-0.2, 0) is 24.3 Å². The average Bonchev–Trinajstić information content (AvgIpc) is 3.85. The van der Waals surface area contributed by atoms with Crippen molar-refractivity contribution in [1.82, 2.24) is 25.1 Å². The first-order chi connectivity index (χ1) is 21.0. The quantitative estimate of drug-likeness (QED) is 0.176. The average molecular weight is 631 g/mol. The number of aryl methyl sites for hydroxylation is 1. The molecule has 1 atom stereocenters. The van der Waals surface area contributed by atoms with Crippen LogP contribution in [0.3, 0.4) is 0 Å². The van der Waals surface area contributed by atoms with Gasteiger partial charge in [0.25, 0.3) is 11.8 Å². The number of nitrogens with one attached hydrogen (secondary N) is 1. The maximum Gasteiger partial charge on any atom is 0.261 e. The summed E-state index contributed by atoms with van der Waals surface area (Å²) in [5.74, 6) is 0.0171. The van der Waals surface area contributed by atoms with Gasteiger partial charge in [0, 0.05) is 13.0 Å². The van der Waals surface area contributed by atoms with Crippen molar-refractivity contribution < 1.29 is 14.0 Å². The number of hydrogen-bond donors (Lipinski definition) is 1. The molecular formula is C31H27FN6O2S3. The van der Waals surface area contributed by atoms with Crippen LogP contribution in [0.25, 0.3) is 0 Å². The summed E-state index contributed by atoms with van der Waals surface area (Å²) >= 11 is 4.24. The van der Waals surface area contributed by atoms with E-state index in [-0.39, 0.29) is 36.0 Å². The number of halogens is 1. The summed E-state index contributed by atoms with van der Waals surface area (Å²) in [5.41, 5.74) is 2.81. The van der Waals surface area contributed by atoms with Crippen molar-refractivity contribution in [1.29, 1.82) is 0 Å². The molecule has 2 aromatic carbocycles. The standard InChI is InChI=1S/C31H27FN6O2S3/c32-23-12-10-22(11-13-23)25-18-24(26-8-4-16-41-26)36-38(25)29(39)20-43-31-35-34-28(19-33-30(40)27-9-5-17-42-27)37(31)15-14-21-6-2-1-3-7-21/h1-13,16-17,25H,14-15,18-20H2,(H,33,40). The Kier molecular flexibility index (Phi) is 9.06. The first-order valence-electron chi connectivity index (χ1n) is 13.6. The highest BCUT2D eigenvalue weighted by Crippen LogP contribution is 2.34. The van der Waals surface area contributed by atoms with Crippen LogP contribution in [0.15, 0.2) is 99.9 Å². The number of thiophene rings is 2. The van der Waals surface area contributed by atoms with Crippen LogP contribution in [0.5, 0.6) is 0 Å². The number of carbonyl (C=O) groups is 2. The number of hydrogen-bond acceptors (Lipinski definition) is 8. The van der Waals surface area contributed by atoms with Gasteiger partial charge < -0.3 is 9.88 Å². The van der Waals surface area contributed by atoms with Gasteiger partial charge in [-0.25, -0.2) is 9.40 Å². The summed E-state index contributed by atoms with van der Waals surface area (Å²) in [6.07, 6.45) is 1.28. The molecule has 0 saturated heterocycles. The zero-order chi connectivity index (χ0) is 29.6. The van der Waals surface area contributed by atoms with Crippen molar-refractivity contribution in [3.8, 4) is 0 Å². The van der Waals surface area contributed by atoms with Crippen LogP contribution in [0.1, 0.15) is 44.0 Å². The Morgan fingerprint density at radius 2 is 1.74 bits per heavy atom. The Morgan fingerprint density at radius 1 is 0.953 bits per heavy atom. The van der Waals surface area contributed by atoms with Crippen molar-refractivity contribution in [3.05, 3.63) is 122 Å². The molecule has 12 heteroatoms. The molecule has 1 aliphatic heterocycles. The zero-order valence-electron chi connectivity index (χ0n) is 22.9. The second-order valence-electron chi connectivity index (χ2n) is 9.77. The first-order valence-corrected chi connectivity index (χ1v) is 16.4. The second-order valence-corrected chi connectivity index (χ2v) is 12.6. The second kappa shape index (κ2) is 13.4. The Bertz CT molecular complexity index is 1700. The van der Waals surface area contributed by atoms with Gasteiger partial charge in [0.1, 0.15) is 5.82 Å². The van der Waals surface area contributed by atoms with Gasteiger partial charge in [-0.2, -0.15) is 5.10 Å². The van der Waals surface area contributed by atoms with E-state index in [0.29, 0.717) is 28.8 Å². The number of benzene rings is 2. The molecule has 0 aliphatic carbocycles. The third-order valence-electron chi connectivity index (χ3n) is 6.96. The van der Waals surface area contributed by atoms with Gasteiger partial charge in [-0.05, 0) is 52.6 Å². The zero-order valence-corrected chi connectivity index (χ0v) is 25.4. The molecule has 0 bridgehead atoms. The highest BCUT2D eigenvalue weighted by molar-refractivity contribution is 7.99. The van der Waals surface area contributed by atoms with E-state index < -0.39 is 0 Å². The number of thioether (sulfide) groups is 1. The lowest BCUT2D eigenvalue weighted by molar-refractivity contribution is -0.130. The summed E-state index contributed by atoms with van der Waals surface area (Å²) in [5, 5.41) is 22.3.